The fraction of sp³-hybridized carbons (Fsp3) is 0.611. The van der Waals surface area contributed by atoms with E-state index < -0.39 is 0 Å². The lowest BCUT2D eigenvalue weighted by atomic mass is 9.89. The molecular formula is C18H25NO. The van der Waals surface area contributed by atoms with Gasteiger partial charge in [-0.05, 0) is 74.7 Å². The maximum Gasteiger partial charge on any atom is 0.176 e. The second-order valence-electron chi connectivity index (χ2n) is 6.57. The van der Waals surface area contributed by atoms with E-state index in [1.54, 1.807) is 0 Å². The van der Waals surface area contributed by atoms with Crippen LogP contribution in [0.25, 0.3) is 0 Å². The first-order chi connectivity index (χ1) is 9.72. The third kappa shape index (κ3) is 3.12. The molecule has 0 bridgehead atoms. The predicted octanol–water partition coefficient (Wildman–Crippen LogP) is 3.48. The standard InChI is InChI=1S/C18H25NO/c1-14-8-10-19(11-9-14)13-18(20)17-7-6-15-4-2-3-5-16(15)12-17/h6-7,12,14H,2-5,8-11,13H2,1H3. The SMILES string of the molecule is CC1CCN(CC(=O)c2ccc3c(c2)CCCC3)CC1. The fourth-order valence-corrected chi connectivity index (χ4v) is 3.42. The van der Waals surface area contributed by atoms with Crippen LogP contribution in [0.2, 0.25) is 0 Å². The van der Waals surface area contributed by atoms with Crippen LogP contribution in [0.15, 0.2) is 18.2 Å². The number of fused-ring (bicyclic) bond motifs is 1. The zero-order valence-corrected chi connectivity index (χ0v) is 12.5. The van der Waals surface area contributed by atoms with Gasteiger partial charge in [-0.2, -0.15) is 0 Å². The maximum absolute atomic E-state index is 12.4. The summed E-state index contributed by atoms with van der Waals surface area (Å²) < 4.78 is 0. The van der Waals surface area contributed by atoms with Crippen LogP contribution in [0.5, 0.6) is 0 Å². The van der Waals surface area contributed by atoms with E-state index >= 15 is 0 Å². The number of nitrogens with zero attached hydrogens (tertiary/aromatic N) is 1. The molecule has 108 valence electrons. The summed E-state index contributed by atoms with van der Waals surface area (Å²) in [6, 6.07) is 6.38. The van der Waals surface area contributed by atoms with Crippen LogP contribution in [0, 0.1) is 5.92 Å². The molecule has 2 aliphatic rings. The van der Waals surface area contributed by atoms with Crippen molar-refractivity contribution in [3.8, 4) is 0 Å². The zero-order chi connectivity index (χ0) is 13.9. The number of piperidine rings is 1. The molecule has 20 heavy (non-hydrogen) atoms. The number of likely N-dealkylation sites (tertiary alicyclic amines) is 1. The molecule has 2 nitrogen and oxygen atoms in total. The van der Waals surface area contributed by atoms with Crippen molar-refractivity contribution in [2.45, 2.75) is 45.4 Å². The largest absolute Gasteiger partial charge is 0.296 e. The van der Waals surface area contributed by atoms with Crippen LogP contribution < -0.4 is 0 Å². The Morgan fingerprint density at radius 3 is 2.60 bits per heavy atom. The minimum atomic E-state index is 0.299. The van der Waals surface area contributed by atoms with E-state index in [4.69, 9.17) is 0 Å². The number of benzene rings is 1. The lowest BCUT2D eigenvalue weighted by Crippen LogP contribution is -2.36. The molecule has 0 unspecified atom stereocenters. The average molecular weight is 271 g/mol. The lowest BCUT2D eigenvalue weighted by molar-refractivity contribution is 0.0899. The van der Waals surface area contributed by atoms with Gasteiger partial charge in [0.1, 0.15) is 0 Å². The molecule has 1 heterocycles. The van der Waals surface area contributed by atoms with Gasteiger partial charge in [-0.1, -0.05) is 19.1 Å². The van der Waals surface area contributed by atoms with Crippen LogP contribution in [-0.2, 0) is 12.8 Å². The van der Waals surface area contributed by atoms with Crippen molar-refractivity contribution in [3.63, 3.8) is 0 Å². The monoisotopic (exact) mass is 271 g/mol. The van der Waals surface area contributed by atoms with Gasteiger partial charge in [0.2, 0.25) is 0 Å². The summed E-state index contributed by atoms with van der Waals surface area (Å²) in [6.45, 7) is 5.07. The number of carbonyl (C=O) groups is 1. The Morgan fingerprint density at radius 1 is 1.15 bits per heavy atom. The second kappa shape index (κ2) is 6.09. The molecule has 0 saturated carbocycles. The van der Waals surface area contributed by atoms with E-state index in [9.17, 15) is 4.79 Å². The first-order valence-electron chi connectivity index (χ1n) is 8.10. The van der Waals surface area contributed by atoms with Crippen molar-refractivity contribution in [3.05, 3.63) is 34.9 Å². The van der Waals surface area contributed by atoms with Gasteiger partial charge in [-0.25, -0.2) is 0 Å². The minimum Gasteiger partial charge on any atom is -0.296 e. The van der Waals surface area contributed by atoms with Gasteiger partial charge in [-0.3, -0.25) is 9.69 Å². The van der Waals surface area contributed by atoms with E-state index in [0.717, 1.165) is 31.0 Å². The summed E-state index contributed by atoms with van der Waals surface area (Å²) in [5.74, 6) is 1.12. The second-order valence-corrected chi connectivity index (χ2v) is 6.57. The quantitative estimate of drug-likeness (QED) is 0.784. The summed E-state index contributed by atoms with van der Waals surface area (Å²) >= 11 is 0. The third-order valence-electron chi connectivity index (χ3n) is 4.91. The van der Waals surface area contributed by atoms with Crippen LogP contribution in [0.3, 0.4) is 0 Å². The smallest absolute Gasteiger partial charge is 0.176 e. The van der Waals surface area contributed by atoms with Gasteiger partial charge in [0.15, 0.2) is 5.78 Å². The molecule has 1 aliphatic carbocycles. The maximum atomic E-state index is 12.4. The van der Waals surface area contributed by atoms with Gasteiger partial charge in [0.05, 0.1) is 6.54 Å². The summed E-state index contributed by atoms with van der Waals surface area (Å²) in [7, 11) is 0. The molecule has 1 aromatic rings. The molecule has 1 aliphatic heterocycles. The molecule has 1 saturated heterocycles. The summed E-state index contributed by atoms with van der Waals surface area (Å²) in [5, 5.41) is 0. The average Bonchev–Trinajstić information content (AvgIpc) is 2.49. The van der Waals surface area contributed by atoms with E-state index in [2.05, 4.69) is 24.0 Å². The molecule has 0 atom stereocenters. The topological polar surface area (TPSA) is 20.3 Å². The normalized spacial score (nSPS) is 20.6. The van der Waals surface area contributed by atoms with Gasteiger partial charge in [0.25, 0.3) is 0 Å². The molecule has 3 rings (SSSR count). The van der Waals surface area contributed by atoms with Gasteiger partial charge >= 0.3 is 0 Å². The van der Waals surface area contributed by atoms with Crippen molar-refractivity contribution in [2.24, 2.45) is 5.92 Å². The van der Waals surface area contributed by atoms with E-state index in [0.29, 0.717) is 12.3 Å². The highest BCUT2D eigenvalue weighted by molar-refractivity contribution is 5.97. The fourth-order valence-electron chi connectivity index (χ4n) is 3.42. The van der Waals surface area contributed by atoms with Crippen molar-refractivity contribution in [1.29, 1.82) is 0 Å². The Labute approximate surface area is 122 Å². The first-order valence-corrected chi connectivity index (χ1v) is 8.10. The summed E-state index contributed by atoms with van der Waals surface area (Å²) in [5.41, 5.74) is 3.79. The number of Topliss-reactive ketones (excluding diaryl/α,β-unsaturated/α-hetero) is 1. The van der Waals surface area contributed by atoms with Crippen molar-refractivity contribution in [2.75, 3.05) is 19.6 Å². The third-order valence-corrected chi connectivity index (χ3v) is 4.91. The molecule has 0 radical (unpaired) electrons. The number of carbonyl (C=O) groups excluding carboxylic acids is 1. The molecular weight excluding hydrogens is 246 g/mol. The van der Waals surface area contributed by atoms with Crippen molar-refractivity contribution >= 4 is 5.78 Å². The highest BCUT2D eigenvalue weighted by Crippen LogP contribution is 2.23. The van der Waals surface area contributed by atoms with Gasteiger partial charge < -0.3 is 0 Å². The Bertz CT molecular complexity index is 486. The lowest BCUT2D eigenvalue weighted by Gasteiger charge is -2.29. The van der Waals surface area contributed by atoms with Crippen molar-refractivity contribution in [1.82, 2.24) is 4.90 Å². The number of hydrogen-bond acceptors (Lipinski definition) is 2. The Kier molecular flexibility index (Phi) is 4.21. The van der Waals surface area contributed by atoms with Crippen LogP contribution >= 0.6 is 0 Å². The van der Waals surface area contributed by atoms with Gasteiger partial charge in [-0.15, -0.1) is 0 Å². The van der Waals surface area contributed by atoms with Crippen LogP contribution in [0.4, 0.5) is 0 Å². The van der Waals surface area contributed by atoms with Crippen LogP contribution in [0.1, 0.15) is 54.1 Å². The molecule has 0 amide bonds. The summed E-state index contributed by atoms with van der Waals surface area (Å²) in [6.07, 6.45) is 7.38. The van der Waals surface area contributed by atoms with E-state index in [1.165, 1.54) is 43.2 Å². The molecule has 0 N–H and O–H groups in total. The zero-order valence-electron chi connectivity index (χ0n) is 12.5. The number of rotatable bonds is 3. The minimum absolute atomic E-state index is 0.299. The molecule has 2 heteroatoms. The molecule has 0 aromatic heterocycles. The summed E-state index contributed by atoms with van der Waals surface area (Å²) in [4.78, 5) is 14.8. The van der Waals surface area contributed by atoms with Gasteiger partial charge in [0, 0.05) is 5.56 Å². The van der Waals surface area contributed by atoms with E-state index in [1.807, 2.05) is 6.07 Å². The highest BCUT2D eigenvalue weighted by Gasteiger charge is 2.19. The van der Waals surface area contributed by atoms with Crippen molar-refractivity contribution < 1.29 is 4.79 Å². The Hall–Kier alpha value is -1.15. The first kappa shape index (κ1) is 13.8. The Morgan fingerprint density at radius 2 is 1.85 bits per heavy atom. The van der Waals surface area contributed by atoms with Crippen LogP contribution in [-0.4, -0.2) is 30.3 Å². The highest BCUT2D eigenvalue weighted by atomic mass is 16.1. The number of hydrogen-bond donors (Lipinski definition) is 0. The molecule has 1 aromatic carbocycles. The van der Waals surface area contributed by atoms with E-state index in [-0.39, 0.29) is 0 Å². The number of aryl methyl sites for hydroxylation is 2. The number of ketones is 1. The Balaban J connectivity index is 1.65. The molecule has 0 spiro atoms. The molecule has 1 fully saturated rings. The predicted molar refractivity (Wildman–Crippen MR) is 82.3 cm³/mol.